The zero-order valence-electron chi connectivity index (χ0n) is 13.1. The lowest BCUT2D eigenvalue weighted by Gasteiger charge is -2.11. The second-order valence-electron chi connectivity index (χ2n) is 5.95. The number of aryl methyl sites for hydroxylation is 1. The van der Waals surface area contributed by atoms with Gasteiger partial charge in [0.1, 0.15) is 12.4 Å². The van der Waals surface area contributed by atoms with Crippen molar-refractivity contribution in [2.24, 2.45) is 0 Å². The molecular formula is C22H18O. The minimum absolute atomic E-state index is 0.591. The molecule has 0 bridgehead atoms. The third-order valence-corrected chi connectivity index (χ3v) is 4.18. The van der Waals surface area contributed by atoms with Gasteiger partial charge in [0.15, 0.2) is 0 Å². The second-order valence-corrected chi connectivity index (χ2v) is 5.95. The Bertz CT molecular complexity index is 985. The van der Waals surface area contributed by atoms with Crippen LogP contribution in [0.25, 0.3) is 21.5 Å². The lowest BCUT2D eigenvalue weighted by Crippen LogP contribution is -1.96. The summed E-state index contributed by atoms with van der Waals surface area (Å²) in [6.07, 6.45) is 0. The molecule has 4 aromatic carbocycles. The molecule has 0 radical (unpaired) electrons. The molecule has 0 aliphatic rings. The summed E-state index contributed by atoms with van der Waals surface area (Å²) in [5, 5.41) is 4.88. The summed E-state index contributed by atoms with van der Waals surface area (Å²) < 4.78 is 6.11. The highest BCUT2D eigenvalue weighted by Crippen LogP contribution is 2.30. The van der Waals surface area contributed by atoms with Crippen LogP contribution in [0.3, 0.4) is 0 Å². The number of hydrogen-bond donors (Lipinski definition) is 0. The Labute approximate surface area is 136 Å². The maximum atomic E-state index is 6.11. The molecule has 23 heavy (non-hydrogen) atoms. The van der Waals surface area contributed by atoms with Crippen LogP contribution in [0.2, 0.25) is 0 Å². The predicted octanol–water partition coefficient (Wildman–Crippen LogP) is 5.88. The molecule has 0 saturated carbocycles. The highest BCUT2D eigenvalue weighted by Gasteiger charge is 2.04. The van der Waals surface area contributed by atoms with Gasteiger partial charge in [0, 0.05) is 5.39 Å². The van der Waals surface area contributed by atoms with Crippen molar-refractivity contribution in [1.82, 2.24) is 0 Å². The molecule has 0 saturated heterocycles. The first kappa shape index (κ1) is 13.8. The van der Waals surface area contributed by atoms with E-state index in [1.165, 1.54) is 32.7 Å². The van der Waals surface area contributed by atoms with Crippen LogP contribution >= 0.6 is 0 Å². The van der Waals surface area contributed by atoms with Gasteiger partial charge in [0.25, 0.3) is 0 Å². The van der Waals surface area contributed by atoms with Gasteiger partial charge < -0.3 is 4.74 Å². The molecule has 4 aromatic rings. The summed E-state index contributed by atoms with van der Waals surface area (Å²) in [6, 6.07) is 27.6. The van der Waals surface area contributed by atoms with Gasteiger partial charge in [-0.1, -0.05) is 66.2 Å². The lowest BCUT2D eigenvalue weighted by atomic mass is 10.0. The molecule has 0 unspecified atom stereocenters. The van der Waals surface area contributed by atoms with Gasteiger partial charge in [0.05, 0.1) is 0 Å². The quantitative estimate of drug-likeness (QED) is 0.429. The van der Waals surface area contributed by atoms with Crippen LogP contribution in [-0.2, 0) is 6.61 Å². The molecule has 0 aliphatic carbocycles. The molecule has 0 aromatic heterocycles. The monoisotopic (exact) mass is 298 g/mol. The van der Waals surface area contributed by atoms with Crippen molar-refractivity contribution < 1.29 is 4.74 Å². The molecule has 0 fully saturated rings. The van der Waals surface area contributed by atoms with E-state index in [4.69, 9.17) is 4.74 Å². The van der Waals surface area contributed by atoms with Crippen LogP contribution in [0, 0.1) is 6.92 Å². The van der Waals surface area contributed by atoms with E-state index in [0.717, 1.165) is 5.75 Å². The molecule has 0 amide bonds. The molecule has 0 heterocycles. The Kier molecular flexibility index (Phi) is 3.47. The molecule has 1 nitrogen and oxygen atoms in total. The van der Waals surface area contributed by atoms with Crippen molar-refractivity contribution in [3.05, 3.63) is 90.0 Å². The van der Waals surface area contributed by atoms with E-state index in [9.17, 15) is 0 Å². The molecule has 0 spiro atoms. The Morgan fingerprint density at radius 1 is 0.696 bits per heavy atom. The fraction of sp³-hybridized carbons (Fsp3) is 0.0909. The van der Waals surface area contributed by atoms with Gasteiger partial charge in [-0.25, -0.2) is 0 Å². The maximum absolute atomic E-state index is 6.11. The van der Waals surface area contributed by atoms with Crippen LogP contribution in [0.5, 0.6) is 5.75 Å². The summed E-state index contributed by atoms with van der Waals surface area (Å²) in [4.78, 5) is 0. The van der Waals surface area contributed by atoms with E-state index in [1.807, 2.05) is 6.07 Å². The number of benzene rings is 4. The van der Waals surface area contributed by atoms with Crippen molar-refractivity contribution in [2.45, 2.75) is 13.5 Å². The Morgan fingerprint density at radius 3 is 2.26 bits per heavy atom. The number of ether oxygens (including phenoxy) is 1. The largest absolute Gasteiger partial charge is 0.488 e. The first-order valence-corrected chi connectivity index (χ1v) is 7.89. The lowest BCUT2D eigenvalue weighted by molar-refractivity contribution is 0.310. The third-order valence-electron chi connectivity index (χ3n) is 4.18. The van der Waals surface area contributed by atoms with E-state index >= 15 is 0 Å². The van der Waals surface area contributed by atoms with Crippen molar-refractivity contribution in [3.63, 3.8) is 0 Å². The van der Waals surface area contributed by atoms with Crippen LogP contribution < -0.4 is 4.74 Å². The van der Waals surface area contributed by atoms with Crippen molar-refractivity contribution in [2.75, 3.05) is 0 Å². The smallest absolute Gasteiger partial charge is 0.127 e. The molecule has 0 aliphatic heterocycles. The van der Waals surface area contributed by atoms with E-state index in [1.54, 1.807) is 0 Å². The SMILES string of the molecule is Cc1cccc(COc2cccc3cc4ccccc4cc23)c1. The summed E-state index contributed by atoms with van der Waals surface area (Å²) in [7, 11) is 0. The minimum Gasteiger partial charge on any atom is -0.488 e. The minimum atomic E-state index is 0.591. The van der Waals surface area contributed by atoms with E-state index < -0.39 is 0 Å². The Hall–Kier alpha value is -2.80. The average Bonchev–Trinajstić information content (AvgIpc) is 2.58. The van der Waals surface area contributed by atoms with Gasteiger partial charge in [-0.3, -0.25) is 0 Å². The van der Waals surface area contributed by atoms with Crippen LogP contribution in [-0.4, -0.2) is 0 Å². The first-order chi connectivity index (χ1) is 11.3. The molecule has 0 atom stereocenters. The van der Waals surface area contributed by atoms with Gasteiger partial charge in [-0.05, 0) is 46.8 Å². The van der Waals surface area contributed by atoms with E-state index in [2.05, 4.69) is 79.7 Å². The van der Waals surface area contributed by atoms with Gasteiger partial charge in [0.2, 0.25) is 0 Å². The second kappa shape index (κ2) is 5.77. The number of rotatable bonds is 3. The third kappa shape index (κ3) is 2.78. The summed E-state index contributed by atoms with van der Waals surface area (Å²) in [5.41, 5.74) is 2.46. The summed E-state index contributed by atoms with van der Waals surface area (Å²) >= 11 is 0. The standard InChI is InChI=1S/C22H18O/c1-16-6-4-7-17(12-16)15-23-22-11-5-10-20-13-18-8-2-3-9-19(18)14-21(20)22/h2-14H,15H2,1H3. The van der Waals surface area contributed by atoms with Crippen LogP contribution in [0.15, 0.2) is 78.9 Å². The van der Waals surface area contributed by atoms with Crippen molar-refractivity contribution >= 4 is 21.5 Å². The molecule has 4 rings (SSSR count). The highest BCUT2D eigenvalue weighted by molar-refractivity contribution is 6.00. The zero-order chi connectivity index (χ0) is 15.6. The normalized spacial score (nSPS) is 11.0. The zero-order valence-corrected chi connectivity index (χ0v) is 13.1. The van der Waals surface area contributed by atoms with Crippen LogP contribution in [0.4, 0.5) is 0 Å². The molecular weight excluding hydrogens is 280 g/mol. The van der Waals surface area contributed by atoms with Crippen molar-refractivity contribution in [1.29, 1.82) is 0 Å². The van der Waals surface area contributed by atoms with E-state index in [0.29, 0.717) is 6.61 Å². The molecule has 112 valence electrons. The fourth-order valence-electron chi connectivity index (χ4n) is 3.03. The highest BCUT2D eigenvalue weighted by atomic mass is 16.5. The van der Waals surface area contributed by atoms with Crippen LogP contribution in [0.1, 0.15) is 11.1 Å². The summed E-state index contributed by atoms with van der Waals surface area (Å²) in [5.74, 6) is 0.940. The first-order valence-electron chi connectivity index (χ1n) is 7.89. The maximum Gasteiger partial charge on any atom is 0.127 e. The number of fused-ring (bicyclic) bond motifs is 2. The van der Waals surface area contributed by atoms with Gasteiger partial charge >= 0.3 is 0 Å². The summed E-state index contributed by atoms with van der Waals surface area (Å²) in [6.45, 7) is 2.70. The fourth-order valence-corrected chi connectivity index (χ4v) is 3.03. The van der Waals surface area contributed by atoms with Gasteiger partial charge in [-0.2, -0.15) is 0 Å². The average molecular weight is 298 g/mol. The Balaban J connectivity index is 1.73. The topological polar surface area (TPSA) is 9.23 Å². The van der Waals surface area contributed by atoms with Crippen molar-refractivity contribution in [3.8, 4) is 5.75 Å². The molecule has 0 N–H and O–H groups in total. The molecule has 1 heteroatoms. The predicted molar refractivity (Wildman–Crippen MR) is 97.0 cm³/mol. The number of hydrogen-bond acceptors (Lipinski definition) is 1. The van der Waals surface area contributed by atoms with Gasteiger partial charge in [-0.15, -0.1) is 0 Å². The Morgan fingerprint density at radius 2 is 1.43 bits per heavy atom. The van der Waals surface area contributed by atoms with E-state index in [-0.39, 0.29) is 0 Å².